The number of hydrogen-bond donors (Lipinski definition) is 1. The van der Waals surface area contributed by atoms with Crippen LogP contribution in [0.5, 0.6) is 0 Å². The van der Waals surface area contributed by atoms with Crippen LogP contribution in [0.1, 0.15) is 12.6 Å². The largest absolute Gasteiger partial charge is 0.379 e. The predicted octanol–water partition coefficient (Wildman–Crippen LogP) is 1.24. The Morgan fingerprint density at radius 2 is 2.33 bits per heavy atom. The van der Waals surface area contributed by atoms with Gasteiger partial charge in [-0.25, -0.2) is 9.18 Å². The molecule has 0 aromatic carbocycles. The number of fused-ring (bicyclic) bond motifs is 1. The van der Waals surface area contributed by atoms with E-state index < -0.39 is 11.5 Å². The fraction of sp³-hybridized carbons (Fsp3) is 0.500. The number of ether oxygens (including phenoxy) is 1. The molecule has 0 aliphatic carbocycles. The second-order valence-corrected chi connectivity index (χ2v) is 5.44. The van der Waals surface area contributed by atoms with Crippen LogP contribution in [0.4, 0.5) is 10.2 Å². The molecule has 0 spiro atoms. The summed E-state index contributed by atoms with van der Waals surface area (Å²) in [6.07, 6.45) is 1.56. The van der Waals surface area contributed by atoms with Gasteiger partial charge >= 0.3 is 5.69 Å². The number of nitrogens with one attached hydrogen (secondary N) is 1. The van der Waals surface area contributed by atoms with Crippen molar-refractivity contribution in [1.29, 1.82) is 0 Å². The van der Waals surface area contributed by atoms with Crippen molar-refractivity contribution < 1.29 is 9.13 Å². The number of aromatic amines is 1. The highest BCUT2D eigenvalue weighted by Crippen LogP contribution is 2.25. The minimum Gasteiger partial charge on any atom is -0.379 e. The SMILES string of the molecule is Cc1ncc2c(N3CCOCC(C)C3)nc(=O)[nH]c2c1F. The topological polar surface area (TPSA) is 71.1 Å². The Hall–Kier alpha value is -2.02. The molecule has 0 saturated carbocycles. The lowest BCUT2D eigenvalue weighted by atomic mass is 10.1. The van der Waals surface area contributed by atoms with E-state index in [4.69, 9.17) is 4.74 Å². The van der Waals surface area contributed by atoms with Gasteiger partial charge in [-0.15, -0.1) is 0 Å². The van der Waals surface area contributed by atoms with Crippen LogP contribution in [0.15, 0.2) is 11.0 Å². The molecule has 3 rings (SSSR count). The first-order chi connectivity index (χ1) is 10.1. The first kappa shape index (κ1) is 13.9. The Labute approximate surface area is 121 Å². The number of aromatic nitrogens is 3. The van der Waals surface area contributed by atoms with Gasteiger partial charge < -0.3 is 14.6 Å². The van der Waals surface area contributed by atoms with Crippen molar-refractivity contribution in [3.63, 3.8) is 0 Å². The minimum absolute atomic E-state index is 0.162. The molecule has 6 nitrogen and oxygen atoms in total. The van der Waals surface area contributed by atoms with Crippen molar-refractivity contribution in [2.24, 2.45) is 5.92 Å². The van der Waals surface area contributed by atoms with E-state index in [-0.39, 0.29) is 11.2 Å². The number of halogens is 1. The molecule has 1 fully saturated rings. The molecule has 1 N–H and O–H groups in total. The summed E-state index contributed by atoms with van der Waals surface area (Å²) in [5, 5.41) is 0.520. The van der Waals surface area contributed by atoms with Crippen molar-refractivity contribution in [2.45, 2.75) is 13.8 Å². The molecule has 2 aromatic rings. The van der Waals surface area contributed by atoms with Gasteiger partial charge in [0.15, 0.2) is 5.82 Å². The molecule has 21 heavy (non-hydrogen) atoms. The minimum atomic E-state index is -0.556. The Morgan fingerprint density at radius 3 is 3.14 bits per heavy atom. The van der Waals surface area contributed by atoms with Gasteiger partial charge in [0.2, 0.25) is 0 Å². The van der Waals surface area contributed by atoms with Crippen molar-refractivity contribution in [3.8, 4) is 0 Å². The fourth-order valence-electron chi connectivity index (χ4n) is 2.58. The molecule has 1 unspecified atom stereocenters. The van der Waals surface area contributed by atoms with E-state index in [1.54, 1.807) is 13.1 Å². The molecule has 1 aliphatic heterocycles. The summed E-state index contributed by atoms with van der Waals surface area (Å²) in [6, 6.07) is 0. The second-order valence-electron chi connectivity index (χ2n) is 5.44. The monoisotopic (exact) mass is 292 g/mol. The van der Waals surface area contributed by atoms with Crippen LogP contribution < -0.4 is 10.6 Å². The average molecular weight is 292 g/mol. The van der Waals surface area contributed by atoms with E-state index >= 15 is 0 Å². The van der Waals surface area contributed by atoms with Crippen molar-refractivity contribution in [1.82, 2.24) is 15.0 Å². The molecular weight excluding hydrogens is 275 g/mol. The zero-order valence-electron chi connectivity index (χ0n) is 12.0. The molecular formula is C14H17FN4O2. The highest BCUT2D eigenvalue weighted by Gasteiger charge is 2.21. The molecule has 0 amide bonds. The summed E-state index contributed by atoms with van der Waals surface area (Å²) in [5.41, 5.74) is -0.141. The Kier molecular flexibility index (Phi) is 3.59. The molecule has 2 aromatic heterocycles. The molecule has 1 aliphatic rings. The van der Waals surface area contributed by atoms with Crippen LogP contribution in [-0.2, 0) is 4.74 Å². The highest BCUT2D eigenvalue weighted by atomic mass is 19.1. The van der Waals surface area contributed by atoms with Crippen molar-refractivity contribution in [3.05, 3.63) is 28.2 Å². The number of rotatable bonds is 1. The summed E-state index contributed by atoms with van der Waals surface area (Å²) >= 11 is 0. The number of hydrogen-bond acceptors (Lipinski definition) is 5. The second kappa shape index (κ2) is 5.40. The molecule has 0 radical (unpaired) electrons. The summed E-state index contributed by atoms with van der Waals surface area (Å²) < 4.78 is 19.7. The normalized spacial score (nSPS) is 19.8. The smallest absolute Gasteiger partial charge is 0.347 e. The predicted molar refractivity (Wildman–Crippen MR) is 77.0 cm³/mol. The lowest BCUT2D eigenvalue weighted by Gasteiger charge is -2.23. The summed E-state index contributed by atoms with van der Waals surface area (Å²) in [5.74, 6) is 0.275. The van der Waals surface area contributed by atoms with E-state index in [1.165, 1.54) is 0 Å². The van der Waals surface area contributed by atoms with Gasteiger partial charge in [0.1, 0.15) is 5.82 Å². The van der Waals surface area contributed by atoms with Gasteiger partial charge in [-0.1, -0.05) is 6.92 Å². The molecule has 1 saturated heterocycles. The van der Waals surface area contributed by atoms with Crippen LogP contribution in [0, 0.1) is 18.7 Å². The number of pyridine rings is 1. The van der Waals surface area contributed by atoms with E-state index in [1.807, 2.05) is 4.90 Å². The highest BCUT2D eigenvalue weighted by molar-refractivity contribution is 5.89. The molecule has 112 valence electrons. The van der Waals surface area contributed by atoms with Gasteiger partial charge in [0, 0.05) is 19.3 Å². The molecule has 0 bridgehead atoms. The average Bonchev–Trinajstić information content (AvgIpc) is 2.67. The van der Waals surface area contributed by atoms with Gasteiger partial charge in [0.25, 0.3) is 0 Å². The van der Waals surface area contributed by atoms with Crippen molar-refractivity contribution >= 4 is 16.7 Å². The van der Waals surface area contributed by atoms with Gasteiger partial charge in [0.05, 0.1) is 29.8 Å². The Morgan fingerprint density at radius 1 is 1.52 bits per heavy atom. The standard InChI is InChI=1S/C14H17FN4O2/c1-8-6-19(3-4-21-7-8)13-10-5-16-9(2)11(15)12(10)17-14(20)18-13/h5,8H,3-4,6-7H2,1-2H3,(H,17,18,20). The van der Waals surface area contributed by atoms with E-state index in [2.05, 4.69) is 21.9 Å². The van der Waals surface area contributed by atoms with Crippen LogP contribution in [-0.4, -0.2) is 41.3 Å². The van der Waals surface area contributed by atoms with Crippen LogP contribution in [0.2, 0.25) is 0 Å². The Bertz CT molecular complexity index is 731. The zero-order valence-corrected chi connectivity index (χ0v) is 12.0. The fourth-order valence-corrected chi connectivity index (χ4v) is 2.58. The first-order valence-electron chi connectivity index (χ1n) is 6.94. The lowest BCUT2D eigenvalue weighted by molar-refractivity contribution is 0.129. The number of anilines is 1. The van der Waals surface area contributed by atoms with E-state index in [9.17, 15) is 9.18 Å². The maximum absolute atomic E-state index is 14.2. The van der Waals surface area contributed by atoms with E-state index in [0.717, 1.165) is 0 Å². The number of H-pyrrole nitrogens is 1. The first-order valence-corrected chi connectivity index (χ1v) is 6.94. The maximum Gasteiger partial charge on any atom is 0.347 e. The van der Waals surface area contributed by atoms with Gasteiger partial charge in [-0.05, 0) is 12.8 Å². The summed E-state index contributed by atoms with van der Waals surface area (Å²) in [6.45, 7) is 6.18. The third-order valence-corrected chi connectivity index (χ3v) is 3.61. The number of aryl methyl sites for hydroxylation is 1. The van der Waals surface area contributed by atoms with Crippen LogP contribution in [0.3, 0.4) is 0 Å². The lowest BCUT2D eigenvalue weighted by Crippen LogP contribution is -2.32. The maximum atomic E-state index is 14.2. The molecule has 3 heterocycles. The van der Waals surface area contributed by atoms with Gasteiger partial charge in [-0.3, -0.25) is 4.98 Å². The molecule has 1 atom stereocenters. The van der Waals surface area contributed by atoms with Crippen molar-refractivity contribution in [2.75, 3.05) is 31.2 Å². The van der Waals surface area contributed by atoms with Gasteiger partial charge in [-0.2, -0.15) is 4.98 Å². The van der Waals surface area contributed by atoms with Crippen LogP contribution >= 0.6 is 0 Å². The van der Waals surface area contributed by atoms with E-state index in [0.29, 0.717) is 43.4 Å². The third-order valence-electron chi connectivity index (χ3n) is 3.61. The summed E-state index contributed by atoms with van der Waals surface area (Å²) in [4.78, 5) is 24.3. The summed E-state index contributed by atoms with van der Waals surface area (Å²) in [7, 11) is 0. The third kappa shape index (κ3) is 2.61. The van der Waals surface area contributed by atoms with Crippen LogP contribution in [0.25, 0.3) is 10.9 Å². The quantitative estimate of drug-likeness (QED) is 0.856. The number of nitrogens with zero attached hydrogens (tertiary/aromatic N) is 3. The Balaban J connectivity index is 2.17. The zero-order chi connectivity index (χ0) is 15.0. The molecule has 7 heteroatoms.